The molecular weight excluding hydrogens is 182 g/mol. The van der Waals surface area contributed by atoms with E-state index in [1.165, 1.54) is 12.8 Å². The average molecular weight is 203 g/mol. The zero-order valence-corrected chi connectivity index (χ0v) is 9.66. The van der Waals surface area contributed by atoms with Gasteiger partial charge in [0.25, 0.3) is 0 Å². The quantitative estimate of drug-likeness (QED) is 0.686. The van der Waals surface area contributed by atoms with E-state index in [4.69, 9.17) is 0 Å². The summed E-state index contributed by atoms with van der Waals surface area (Å²) in [7, 11) is 1.97. The Labute approximate surface area is 85.5 Å². The molecule has 0 amide bonds. The van der Waals surface area contributed by atoms with E-state index in [9.17, 15) is 5.11 Å². The number of aliphatic hydroxyl groups is 1. The van der Waals surface area contributed by atoms with Crippen molar-refractivity contribution in [3.63, 3.8) is 0 Å². The maximum atomic E-state index is 9.42. The summed E-state index contributed by atoms with van der Waals surface area (Å²) in [6.07, 6.45) is 2.56. The normalized spacial score (nSPS) is 21.9. The number of rotatable bonds is 6. The van der Waals surface area contributed by atoms with E-state index in [0.29, 0.717) is 11.2 Å². The van der Waals surface area contributed by atoms with Crippen LogP contribution in [0.25, 0.3) is 0 Å². The summed E-state index contributed by atoms with van der Waals surface area (Å²) in [5.41, 5.74) is -0.00502. The minimum atomic E-state index is -0.00502. The van der Waals surface area contributed by atoms with Crippen molar-refractivity contribution in [1.82, 2.24) is 5.32 Å². The van der Waals surface area contributed by atoms with Crippen LogP contribution in [0.1, 0.15) is 26.7 Å². The number of hydrogen-bond donors (Lipinski definition) is 2. The van der Waals surface area contributed by atoms with Crippen molar-refractivity contribution in [2.45, 2.75) is 37.5 Å². The molecule has 1 atom stereocenters. The minimum Gasteiger partial charge on any atom is -0.394 e. The van der Waals surface area contributed by atoms with Crippen molar-refractivity contribution in [2.75, 3.05) is 19.4 Å². The SMILES string of the molecule is CNC(CO)(CSC(C)C)C1CC1. The summed E-state index contributed by atoms with van der Waals surface area (Å²) in [4.78, 5) is 0. The second kappa shape index (κ2) is 4.67. The summed E-state index contributed by atoms with van der Waals surface area (Å²) in [6.45, 7) is 4.68. The molecule has 2 nitrogen and oxygen atoms in total. The molecule has 0 spiro atoms. The molecule has 0 heterocycles. The molecule has 2 N–H and O–H groups in total. The Morgan fingerprint density at radius 3 is 2.46 bits per heavy atom. The van der Waals surface area contributed by atoms with Gasteiger partial charge in [-0.15, -0.1) is 0 Å². The number of likely N-dealkylation sites (N-methyl/N-ethyl adjacent to an activating group) is 1. The van der Waals surface area contributed by atoms with Crippen molar-refractivity contribution in [1.29, 1.82) is 0 Å². The molecule has 1 aliphatic carbocycles. The van der Waals surface area contributed by atoms with Crippen LogP contribution in [0.3, 0.4) is 0 Å². The van der Waals surface area contributed by atoms with Gasteiger partial charge in [0.15, 0.2) is 0 Å². The largest absolute Gasteiger partial charge is 0.394 e. The van der Waals surface area contributed by atoms with Crippen LogP contribution in [-0.2, 0) is 0 Å². The van der Waals surface area contributed by atoms with Crippen molar-refractivity contribution >= 4 is 11.8 Å². The summed E-state index contributed by atoms with van der Waals surface area (Å²) in [6, 6.07) is 0. The van der Waals surface area contributed by atoms with Gasteiger partial charge in [-0.2, -0.15) is 11.8 Å². The van der Waals surface area contributed by atoms with Crippen LogP contribution in [0.15, 0.2) is 0 Å². The molecule has 1 unspecified atom stereocenters. The zero-order valence-electron chi connectivity index (χ0n) is 8.84. The topological polar surface area (TPSA) is 32.3 Å². The highest BCUT2D eigenvalue weighted by Gasteiger charge is 2.43. The molecule has 13 heavy (non-hydrogen) atoms. The Hall–Kier alpha value is 0.270. The predicted octanol–water partition coefficient (Wildman–Crippen LogP) is 1.49. The van der Waals surface area contributed by atoms with Gasteiger partial charge in [-0.05, 0) is 31.1 Å². The average Bonchev–Trinajstić information content (AvgIpc) is 2.91. The van der Waals surface area contributed by atoms with Gasteiger partial charge in [0.05, 0.1) is 12.1 Å². The molecule has 1 aliphatic rings. The van der Waals surface area contributed by atoms with E-state index in [2.05, 4.69) is 19.2 Å². The van der Waals surface area contributed by atoms with E-state index >= 15 is 0 Å². The summed E-state index contributed by atoms with van der Waals surface area (Å²) in [5.74, 6) is 1.73. The van der Waals surface area contributed by atoms with Gasteiger partial charge in [0.2, 0.25) is 0 Å². The van der Waals surface area contributed by atoms with Crippen LogP contribution in [0, 0.1) is 5.92 Å². The van der Waals surface area contributed by atoms with Gasteiger partial charge >= 0.3 is 0 Å². The Morgan fingerprint density at radius 2 is 2.15 bits per heavy atom. The van der Waals surface area contributed by atoms with Crippen LogP contribution in [-0.4, -0.2) is 35.3 Å². The second-order valence-electron chi connectivity index (χ2n) is 4.20. The van der Waals surface area contributed by atoms with Gasteiger partial charge in [0, 0.05) is 5.75 Å². The Kier molecular flexibility index (Phi) is 4.07. The first kappa shape index (κ1) is 11.3. The van der Waals surface area contributed by atoms with Crippen molar-refractivity contribution < 1.29 is 5.11 Å². The second-order valence-corrected chi connectivity index (χ2v) is 5.76. The molecule has 0 bridgehead atoms. The third-order valence-corrected chi connectivity index (χ3v) is 4.16. The molecule has 78 valence electrons. The maximum absolute atomic E-state index is 9.42. The Morgan fingerprint density at radius 1 is 1.54 bits per heavy atom. The Bertz CT molecular complexity index is 153. The zero-order chi connectivity index (χ0) is 9.90. The third kappa shape index (κ3) is 2.86. The number of nitrogens with one attached hydrogen (secondary N) is 1. The fourth-order valence-electron chi connectivity index (χ4n) is 1.60. The molecule has 3 heteroatoms. The molecule has 1 fully saturated rings. The van der Waals surface area contributed by atoms with E-state index in [1.807, 2.05) is 18.8 Å². The first-order chi connectivity index (χ1) is 6.14. The van der Waals surface area contributed by atoms with Crippen molar-refractivity contribution in [3.05, 3.63) is 0 Å². The number of hydrogen-bond acceptors (Lipinski definition) is 3. The fourth-order valence-corrected chi connectivity index (χ4v) is 2.70. The smallest absolute Gasteiger partial charge is 0.0624 e. The van der Waals surface area contributed by atoms with Crippen molar-refractivity contribution in [3.8, 4) is 0 Å². The molecule has 0 aromatic rings. The van der Waals surface area contributed by atoms with Crippen LogP contribution >= 0.6 is 11.8 Å². The first-order valence-electron chi connectivity index (χ1n) is 5.06. The molecule has 0 radical (unpaired) electrons. The van der Waals surface area contributed by atoms with E-state index in [0.717, 1.165) is 5.75 Å². The van der Waals surface area contributed by atoms with Gasteiger partial charge in [-0.3, -0.25) is 0 Å². The fraction of sp³-hybridized carbons (Fsp3) is 1.00. The van der Waals surface area contributed by atoms with Gasteiger partial charge in [-0.1, -0.05) is 13.8 Å². The molecule has 0 aromatic heterocycles. The number of aliphatic hydroxyl groups excluding tert-OH is 1. The third-order valence-electron chi connectivity index (χ3n) is 2.81. The molecule has 1 saturated carbocycles. The number of thioether (sulfide) groups is 1. The van der Waals surface area contributed by atoms with E-state index < -0.39 is 0 Å². The predicted molar refractivity (Wildman–Crippen MR) is 59.2 cm³/mol. The summed E-state index contributed by atoms with van der Waals surface area (Å²) < 4.78 is 0. The minimum absolute atomic E-state index is 0.00502. The molecule has 0 saturated heterocycles. The Balaban J connectivity index is 2.44. The van der Waals surface area contributed by atoms with Gasteiger partial charge < -0.3 is 10.4 Å². The summed E-state index contributed by atoms with van der Waals surface area (Å²) in [5, 5.41) is 13.4. The molecule has 0 aromatic carbocycles. The maximum Gasteiger partial charge on any atom is 0.0624 e. The lowest BCUT2D eigenvalue weighted by atomic mass is 9.97. The lowest BCUT2D eigenvalue weighted by Crippen LogP contribution is -2.51. The lowest BCUT2D eigenvalue weighted by molar-refractivity contribution is 0.167. The van der Waals surface area contributed by atoms with Gasteiger partial charge in [-0.25, -0.2) is 0 Å². The van der Waals surface area contributed by atoms with E-state index in [-0.39, 0.29) is 12.1 Å². The molecule has 0 aliphatic heterocycles. The van der Waals surface area contributed by atoms with Crippen LogP contribution in [0.4, 0.5) is 0 Å². The van der Waals surface area contributed by atoms with Crippen LogP contribution < -0.4 is 5.32 Å². The highest BCUT2D eigenvalue weighted by molar-refractivity contribution is 7.99. The highest BCUT2D eigenvalue weighted by atomic mass is 32.2. The van der Waals surface area contributed by atoms with Crippen molar-refractivity contribution in [2.24, 2.45) is 5.92 Å². The monoisotopic (exact) mass is 203 g/mol. The van der Waals surface area contributed by atoms with Crippen LogP contribution in [0.2, 0.25) is 0 Å². The molecular formula is C10H21NOS. The summed E-state index contributed by atoms with van der Waals surface area (Å²) >= 11 is 1.93. The molecule has 1 rings (SSSR count). The first-order valence-corrected chi connectivity index (χ1v) is 6.11. The van der Waals surface area contributed by atoms with Gasteiger partial charge in [0.1, 0.15) is 0 Å². The van der Waals surface area contributed by atoms with Crippen LogP contribution in [0.5, 0.6) is 0 Å². The lowest BCUT2D eigenvalue weighted by Gasteiger charge is -2.32. The standard InChI is InChI=1S/C10H21NOS/c1-8(2)13-7-10(6-12,11-3)9-4-5-9/h8-9,11-12H,4-7H2,1-3H3. The van der Waals surface area contributed by atoms with E-state index in [1.54, 1.807) is 0 Å². The highest BCUT2D eigenvalue weighted by Crippen LogP contribution is 2.41.